The Kier molecular flexibility index (Phi) is 4.81. The van der Waals surface area contributed by atoms with E-state index in [-0.39, 0.29) is 5.91 Å². The van der Waals surface area contributed by atoms with E-state index in [1.807, 2.05) is 41.3 Å². The number of amides is 1. The van der Waals surface area contributed by atoms with Crippen LogP contribution in [-0.4, -0.2) is 41.1 Å². The second kappa shape index (κ2) is 7.01. The maximum absolute atomic E-state index is 12.6. The van der Waals surface area contributed by atoms with E-state index in [1.54, 1.807) is 19.5 Å². The van der Waals surface area contributed by atoms with Gasteiger partial charge in [-0.1, -0.05) is 24.3 Å². The Morgan fingerprint density at radius 3 is 2.67 bits per heavy atom. The van der Waals surface area contributed by atoms with Crippen molar-refractivity contribution in [2.24, 2.45) is 0 Å². The Balaban J connectivity index is 1.63. The van der Waals surface area contributed by atoms with E-state index in [0.717, 1.165) is 16.9 Å². The largest absolute Gasteiger partial charge is 0.496 e. The molecule has 2 heterocycles. The summed E-state index contributed by atoms with van der Waals surface area (Å²) in [5, 5.41) is 10.8. The Labute approximate surface area is 141 Å². The molecule has 1 aromatic carbocycles. The average Bonchev–Trinajstić information content (AvgIpc) is 2.63. The number of hydrogen-bond acceptors (Lipinski definition) is 4. The van der Waals surface area contributed by atoms with Crippen molar-refractivity contribution in [3.05, 3.63) is 59.9 Å². The molecule has 0 aliphatic carbocycles. The summed E-state index contributed by atoms with van der Waals surface area (Å²) in [7, 11) is 1.61. The topological polar surface area (TPSA) is 62.7 Å². The Morgan fingerprint density at radius 2 is 2.00 bits per heavy atom. The number of para-hydroxylation sites is 1. The molecule has 126 valence electrons. The van der Waals surface area contributed by atoms with Gasteiger partial charge in [-0.05, 0) is 25.0 Å². The normalized spacial score (nSPS) is 16.7. The molecule has 1 aromatic heterocycles. The van der Waals surface area contributed by atoms with Gasteiger partial charge in [-0.15, -0.1) is 0 Å². The maximum Gasteiger partial charge on any atom is 0.227 e. The zero-order chi connectivity index (χ0) is 17.0. The first-order valence-electron chi connectivity index (χ1n) is 8.15. The standard InChI is InChI=1S/C19H22N2O3/c1-24-17-7-3-2-5-15(17)13-18(22)21-11-8-19(23,9-12-21)16-6-4-10-20-14-16/h2-7,10,14,23H,8-9,11-13H2,1H3. The van der Waals surface area contributed by atoms with E-state index in [9.17, 15) is 9.90 Å². The molecule has 1 amide bonds. The lowest BCUT2D eigenvalue weighted by Crippen LogP contribution is -2.45. The highest BCUT2D eigenvalue weighted by Gasteiger charge is 2.35. The SMILES string of the molecule is COc1ccccc1CC(=O)N1CCC(O)(c2cccnc2)CC1. The summed E-state index contributed by atoms with van der Waals surface area (Å²) in [5.41, 5.74) is 0.815. The maximum atomic E-state index is 12.6. The van der Waals surface area contributed by atoms with Crippen LogP contribution in [0.25, 0.3) is 0 Å². The highest BCUT2D eigenvalue weighted by atomic mass is 16.5. The second-order valence-corrected chi connectivity index (χ2v) is 6.14. The van der Waals surface area contributed by atoms with Gasteiger partial charge in [0.15, 0.2) is 0 Å². The smallest absolute Gasteiger partial charge is 0.227 e. The van der Waals surface area contributed by atoms with E-state index >= 15 is 0 Å². The molecule has 0 unspecified atom stereocenters. The van der Waals surface area contributed by atoms with Crippen molar-refractivity contribution in [2.45, 2.75) is 24.9 Å². The van der Waals surface area contributed by atoms with Crippen LogP contribution in [-0.2, 0) is 16.8 Å². The molecule has 1 N–H and O–H groups in total. The highest BCUT2D eigenvalue weighted by molar-refractivity contribution is 5.79. The number of methoxy groups -OCH3 is 1. The summed E-state index contributed by atoms with van der Waals surface area (Å²) < 4.78 is 5.31. The highest BCUT2D eigenvalue weighted by Crippen LogP contribution is 2.32. The van der Waals surface area contributed by atoms with E-state index in [4.69, 9.17) is 4.74 Å². The predicted molar refractivity (Wildman–Crippen MR) is 90.6 cm³/mol. The molecule has 1 saturated heterocycles. The van der Waals surface area contributed by atoms with Gasteiger partial charge in [0, 0.05) is 36.6 Å². The molecule has 5 nitrogen and oxygen atoms in total. The third kappa shape index (κ3) is 3.41. The number of ether oxygens (including phenoxy) is 1. The number of aromatic nitrogens is 1. The molecular formula is C19H22N2O3. The van der Waals surface area contributed by atoms with E-state index in [0.29, 0.717) is 32.4 Å². The van der Waals surface area contributed by atoms with Crippen LogP contribution in [0.2, 0.25) is 0 Å². The number of piperidine rings is 1. The summed E-state index contributed by atoms with van der Waals surface area (Å²) in [6, 6.07) is 11.3. The van der Waals surface area contributed by atoms with Gasteiger partial charge >= 0.3 is 0 Å². The minimum atomic E-state index is -0.893. The number of hydrogen-bond donors (Lipinski definition) is 1. The zero-order valence-corrected chi connectivity index (χ0v) is 13.8. The number of pyridine rings is 1. The van der Waals surface area contributed by atoms with Gasteiger partial charge in [0.25, 0.3) is 0 Å². The predicted octanol–water partition coefficient (Wildman–Crippen LogP) is 2.14. The molecule has 0 bridgehead atoms. The van der Waals surface area contributed by atoms with Gasteiger partial charge in [0.2, 0.25) is 5.91 Å². The van der Waals surface area contributed by atoms with Crippen molar-refractivity contribution in [2.75, 3.05) is 20.2 Å². The van der Waals surface area contributed by atoms with Crippen LogP contribution in [0.5, 0.6) is 5.75 Å². The Morgan fingerprint density at radius 1 is 1.25 bits per heavy atom. The number of rotatable bonds is 4. The minimum absolute atomic E-state index is 0.0627. The van der Waals surface area contributed by atoms with E-state index in [2.05, 4.69) is 4.98 Å². The quantitative estimate of drug-likeness (QED) is 0.935. The number of carbonyl (C=O) groups is 1. The van der Waals surface area contributed by atoms with Crippen LogP contribution in [0.15, 0.2) is 48.8 Å². The molecule has 0 saturated carbocycles. The molecule has 24 heavy (non-hydrogen) atoms. The third-order valence-electron chi connectivity index (χ3n) is 4.68. The fourth-order valence-corrected chi connectivity index (χ4v) is 3.18. The van der Waals surface area contributed by atoms with Gasteiger partial charge in [0.05, 0.1) is 19.1 Å². The number of carbonyl (C=O) groups excluding carboxylic acids is 1. The average molecular weight is 326 g/mol. The third-order valence-corrected chi connectivity index (χ3v) is 4.68. The lowest BCUT2D eigenvalue weighted by Gasteiger charge is -2.38. The first kappa shape index (κ1) is 16.5. The molecule has 0 spiro atoms. The van der Waals surface area contributed by atoms with Gasteiger partial charge < -0.3 is 14.7 Å². The van der Waals surface area contributed by atoms with Gasteiger partial charge in [-0.2, -0.15) is 0 Å². The monoisotopic (exact) mass is 326 g/mol. The minimum Gasteiger partial charge on any atom is -0.496 e. The molecule has 0 atom stereocenters. The van der Waals surface area contributed by atoms with E-state index < -0.39 is 5.60 Å². The van der Waals surface area contributed by atoms with Crippen molar-refractivity contribution >= 4 is 5.91 Å². The number of likely N-dealkylation sites (tertiary alicyclic amines) is 1. The summed E-state index contributed by atoms with van der Waals surface area (Å²) in [6.45, 7) is 1.08. The zero-order valence-electron chi connectivity index (χ0n) is 13.8. The Bertz CT molecular complexity index is 695. The first-order chi connectivity index (χ1) is 11.6. The van der Waals surface area contributed by atoms with Crippen LogP contribution >= 0.6 is 0 Å². The van der Waals surface area contributed by atoms with Crippen molar-refractivity contribution in [3.8, 4) is 5.75 Å². The van der Waals surface area contributed by atoms with Crippen molar-refractivity contribution in [3.63, 3.8) is 0 Å². The summed E-state index contributed by atoms with van der Waals surface area (Å²) in [5.74, 6) is 0.794. The molecule has 5 heteroatoms. The van der Waals surface area contributed by atoms with Crippen LogP contribution in [0, 0.1) is 0 Å². The van der Waals surface area contributed by atoms with Crippen molar-refractivity contribution < 1.29 is 14.6 Å². The van der Waals surface area contributed by atoms with Gasteiger partial charge in [-0.25, -0.2) is 0 Å². The lowest BCUT2D eigenvalue weighted by molar-refractivity contribution is -0.135. The lowest BCUT2D eigenvalue weighted by atomic mass is 9.85. The van der Waals surface area contributed by atoms with Crippen molar-refractivity contribution in [1.29, 1.82) is 0 Å². The van der Waals surface area contributed by atoms with Crippen LogP contribution in [0.1, 0.15) is 24.0 Å². The molecule has 3 rings (SSSR count). The molecule has 1 aliphatic rings. The number of benzene rings is 1. The van der Waals surface area contributed by atoms with Crippen LogP contribution in [0.3, 0.4) is 0 Å². The summed E-state index contributed by atoms with van der Waals surface area (Å²) in [6.07, 6.45) is 4.76. The Hall–Kier alpha value is -2.40. The number of aliphatic hydroxyl groups is 1. The first-order valence-corrected chi connectivity index (χ1v) is 8.15. The van der Waals surface area contributed by atoms with Crippen LogP contribution in [0.4, 0.5) is 0 Å². The molecule has 2 aromatic rings. The fourth-order valence-electron chi connectivity index (χ4n) is 3.18. The molecular weight excluding hydrogens is 304 g/mol. The van der Waals surface area contributed by atoms with Gasteiger partial charge in [-0.3, -0.25) is 9.78 Å². The molecule has 0 radical (unpaired) electrons. The van der Waals surface area contributed by atoms with Crippen LogP contribution < -0.4 is 4.74 Å². The number of nitrogens with zero attached hydrogens (tertiary/aromatic N) is 2. The fraction of sp³-hybridized carbons (Fsp3) is 0.368. The second-order valence-electron chi connectivity index (χ2n) is 6.14. The summed E-state index contributed by atoms with van der Waals surface area (Å²) >= 11 is 0. The van der Waals surface area contributed by atoms with Crippen molar-refractivity contribution in [1.82, 2.24) is 9.88 Å². The summed E-state index contributed by atoms with van der Waals surface area (Å²) in [4.78, 5) is 18.5. The van der Waals surface area contributed by atoms with Gasteiger partial charge in [0.1, 0.15) is 5.75 Å². The molecule has 1 aliphatic heterocycles. The van der Waals surface area contributed by atoms with E-state index in [1.165, 1.54) is 0 Å². The molecule has 1 fully saturated rings.